The van der Waals surface area contributed by atoms with Crippen molar-refractivity contribution in [3.8, 4) is 0 Å². The van der Waals surface area contributed by atoms with Crippen LogP contribution in [0.4, 0.5) is 5.69 Å². The van der Waals surface area contributed by atoms with Crippen LogP contribution in [-0.2, 0) is 9.59 Å². The molecule has 0 radical (unpaired) electrons. The average molecular weight is 379 g/mol. The molecule has 1 fully saturated rings. The van der Waals surface area contributed by atoms with E-state index in [9.17, 15) is 9.59 Å². The first-order valence-corrected chi connectivity index (χ1v) is 9.84. The first-order valence-electron chi connectivity index (χ1n) is 9.02. The van der Waals surface area contributed by atoms with E-state index in [1.165, 1.54) is 0 Å². The van der Waals surface area contributed by atoms with Crippen molar-refractivity contribution in [2.24, 2.45) is 5.92 Å². The number of anilines is 1. The Balaban J connectivity index is 1.49. The summed E-state index contributed by atoms with van der Waals surface area (Å²) in [6.45, 7) is 2.42. The Labute approximate surface area is 162 Å². The molecule has 0 aliphatic carbocycles. The van der Waals surface area contributed by atoms with Gasteiger partial charge in [-0.15, -0.1) is 11.3 Å². The largest absolute Gasteiger partial charge is 0.336 e. The van der Waals surface area contributed by atoms with E-state index in [4.69, 9.17) is 0 Å². The van der Waals surface area contributed by atoms with Gasteiger partial charge in [-0.05, 0) is 31.2 Å². The van der Waals surface area contributed by atoms with Gasteiger partial charge in [-0.25, -0.2) is 4.98 Å². The Morgan fingerprint density at radius 2 is 1.89 bits per heavy atom. The normalized spacial score (nSPS) is 18.1. The summed E-state index contributed by atoms with van der Waals surface area (Å²) in [5.41, 5.74) is 1.80. The van der Waals surface area contributed by atoms with E-state index < -0.39 is 0 Å². The van der Waals surface area contributed by atoms with Crippen LogP contribution in [0.3, 0.4) is 0 Å². The van der Waals surface area contributed by atoms with Crippen LogP contribution in [0.15, 0.2) is 54.6 Å². The molecule has 0 bridgehead atoms. The molecule has 0 N–H and O–H groups in total. The molecular weight excluding hydrogens is 358 g/mol. The number of aromatic nitrogens is 1. The lowest BCUT2D eigenvalue weighted by Gasteiger charge is -2.26. The van der Waals surface area contributed by atoms with Gasteiger partial charge in [-0.2, -0.15) is 0 Å². The van der Waals surface area contributed by atoms with Gasteiger partial charge >= 0.3 is 0 Å². The number of carbonyl (C=O) groups is 2. The van der Waals surface area contributed by atoms with E-state index in [2.05, 4.69) is 4.98 Å². The fraction of sp³-hybridized carbons (Fsp3) is 0.286. The minimum absolute atomic E-state index is 0.000546. The second kappa shape index (κ2) is 7.12. The van der Waals surface area contributed by atoms with Crippen LogP contribution in [0.1, 0.15) is 24.4 Å². The molecule has 0 spiro atoms. The highest BCUT2D eigenvalue weighted by Crippen LogP contribution is 2.31. The second-order valence-corrected chi connectivity index (χ2v) is 7.95. The van der Waals surface area contributed by atoms with E-state index in [0.29, 0.717) is 6.54 Å². The van der Waals surface area contributed by atoms with Crippen LogP contribution in [0.2, 0.25) is 0 Å². The summed E-state index contributed by atoms with van der Waals surface area (Å²) < 4.78 is 1.12. The molecule has 2 atom stereocenters. The quantitative estimate of drug-likeness (QED) is 0.691. The van der Waals surface area contributed by atoms with Crippen LogP contribution in [-0.4, -0.2) is 35.3 Å². The molecule has 2 heterocycles. The Morgan fingerprint density at radius 3 is 2.63 bits per heavy atom. The van der Waals surface area contributed by atoms with E-state index in [0.717, 1.165) is 20.9 Å². The Kier molecular flexibility index (Phi) is 4.66. The maximum atomic E-state index is 13.0. The third-order valence-electron chi connectivity index (χ3n) is 5.14. The van der Waals surface area contributed by atoms with Crippen LogP contribution < -0.4 is 4.90 Å². The fourth-order valence-corrected chi connectivity index (χ4v) is 4.51. The van der Waals surface area contributed by atoms with Crippen LogP contribution in [0.25, 0.3) is 10.2 Å². The number of rotatable bonds is 4. The summed E-state index contributed by atoms with van der Waals surface area (Å²) in [5, 5.41) is 0.913. The molecule has 138 valence electrons. The van der Waals surface area contributed by atoms with Gasteiger partial charge in [0.05, 0.1) is 22.2 Å². The first-order chi connectivity index (χ1) is 13.0. The van der Waals surface area contributed by atoms with Crippen molar-refractivity contribution in [1.29, 1.82) is 0 Å². The number of amides is 2. The molecule has 1 aromatic heterocycles. The van der Waals surface area contributed by atoms with Crippen LogP contribution in [0, 0.1) is 5.92 Å². The lowest BCUT2D eigenvalue weighted by atomic mass is 10.1. The molecule has 0 saturated carbocycles. The van der Waals surface area contributed by atoms with Gasteiger partial charge in [0.1, 0.15) is 5.01 Å². The number of benzene rings is 2. The highest BCUT2D eigenvalue weighted by molar-refractivity contribution is 7.18. The maximum absolute atomic E-state index is 13.0. The molecule has 6 heteroatoms. The van der Waals surface area contributed by atoms with Crippen molar-refractivity contribution in [3.63, 3.8) is 0 Å². The zero-order valence-corrected chi connectivity index (χ0v) is 16.1. The van der Waals surface area contributed by atoms with Crippen molar-refractivity contribution >= 4 is 39.1 Å². The van der Waals surface area contributed by atoms with E-state index >= 15 is 0 Å². The molecule has 27 heavy (non-hydrogen) atoms. The van der Waals surface area contributed by atoms with Gasteiger partial charge in [0.25, 0.3) is 0 Å². The number of carbonyl (C=O) groups excluding carboxylic acids is 2. The van der Waals surface area contributed by atoms with E-state index in [-0.39, 0.29) is 30.2 Å². The van der Waals surface area contributed by atoms with Crippen molar-refractivity contribution in [1.82, 2.24) is 9.88 Å². The number of hydrogen-bond donors (Lipinski definition) is 0. The number of nitrogens with zero attached hydrogens (tertiary/aromatic N) is 3. The number of para-hydroxylation sites is 2. The predicted molar refractivity (Wildman–Crippen MR) is 108 cm³/mol. The van der Waals surface area contributed by atoms with Crippen molar-refractivity contribution in [2.75, 3.05) is 18.5 Å². The zero-order valence-electron chi connectivity index (χ0n) is 15.3. The smallest absolute Gasteiger partial charge is 0.228 e. The molecule has 5 nitrogen and oxygen atoms in total. The van der Waals surface area contributed by atoms with Crippen molar-refractivity contribution in [3.05, 3.63) is 59.6 Å². The van der Waals surface area contributed by atoms with Crippen LogP contribution in [0.5, 0.6) is 0 Å². The number of thiazole rings is 1. The molecule has 3 aromatic rings. The molecular formula is C21H21N3O2S. The van der Waals surface area contributed by atoms with Gasteiger partial charge in [-0.3, -0.25) is 9.59 Å². The van der Waals surface area contributed by atoms with Gasteiger partial charge < -0.3 is 9.80 Å². The van der Waals surface area contributed by atoms with Crippen molar-refractivity contribution in [2.45, 2.75) is 19.4 Å². The maximum Gasteiger partial charge on any atom is 0.228 e. The highest BCUT2D eigenvalue weighted by atomic mass is 32.1. The number of fused-ring (bicyclic) bond motifs is 1. The molecule has 4 rings (SSSR count). The minimum atomic E-state index is -0.320. The monoisotopic (exact) mass is 379 g/mol. The lowest BCUT2D eigenvalue weighted by Crippen LogP contribution is -2.36. The standard InChI is InChI=1S/C21H21N3O2S/c1-14(20-22-17-10-6-7-11-18(17)27-20)23(2)21(26)15-12-19(25)24(13-15)16-8-4-3-5-9-16/h3-11,14-15H,12-13H2,1-2H3/t14-,15-/m1/s1. The van der Waals surface area contributed by atoms with Gasteiger partial charge in [-0.1, -0.05) is 30.3 Å². The van der Waals surface area contributed by atoms with E-state index in [1.807, 2.05) is 61.5 Å². The van der Waals surface area contributed by atoms with Gasteiger partial charge in [0, 0.05) is 25.7 Å². The minimum Gasteiger partial charge on any atom is -0.336 e. The average Bonchev–Trinajstić information content (AvgIpc) is 3.30. The molecule has 1 aliphatic rings. The fourth-order valence-electron chi connectivity index (χ4n) is 3.44. The first kappa shape index (κ1) is 17.7. The summed E-state index contributed by atoms with van der Waals surface area (Å²) in [7, 11) is 1.80. The summed E-state index contributed by atoms with van der Waals surface area (Å²) in [6.07, 6.45) is 0.255. The Morgan fingerprint density at radius 1 is 1.19 bits per heavy atom. The molecule has 0 unspecified atom stereocenters. The van der Waals surface area contributed by atoms with E-state index in [1.54, 1.807) is 28.2 Å². The summed E-state index contributed by atoms with van der Waals surface area (Å²) in [4.78, 5) is 33.5. The third kappa shape index (κ3) is 3.32. The zero-order chi connectivity index (χ0) is 19.0. The molecule has 1 saturated heterocycles. The third-order valence-corrected chi connectivity index (χ3v) is 6.35. The highest BCUT2D eigenvalue weighted by Gasteiger charge is 2.37. The van der Waals surface area contributed by atoms with Gasteiger partial charge in [0.15, 0.2) is 0 Å². The summed E-state index contributed by atoms with van der Waals surface area (Å²) in [5.74, 6) is -0.325. The lowest BCUT2D eigenvalue weighted by molar-refractivity contribution is -0.136. The predicted octanol–water partition coefficient (Wildman–Crippen LogP) is 3.87. The van der Waals surface area contributed by atoms with Crippen LogP contribution >= 0.6 is 11.3 Å². The molecule has 2 aromatic carbocycles. The molecule has 1 aliphatic heterocycles. The second-order valence-electron chi connectivity index (χ2n) is 6.89. The Hall–Kier alpha value is -2.73. The SMILES string of the molecule is C[C@H](c1nc2ccccc2s1)N(C)C(=O)[C@@H]1CC(=O)N(c2ccccc2)C1. The number of hydrogen-bond acceptors (Lipinski definition) is 4. The topological polar surface area (TPSA) is 53.5 Å². The summed E-state index contributed by atoms with van der Waals surface area (Å²) >= 11 is 1.61. The molecule has 2 amide bonds. The van der Waals surface area contributed by atoms with Gasteiger partial charge in [0.2, 0.25) is 11.8 Å². The Bertz CT molecular complexity index is 952. The van der Waals surface area contributed by atoms with Crippen molar-refractivity contribution < 1.29 is 9.59 Å². The summed E-state index contributed by atoms with van der Waals surface area (Å²) in [6, 6.07) is 17.4.